The number of halogens is 1. The monoisotopic (exact) mass is 292 g/mol. The molecule has 18 heavy (non-hydrogen) atoms. The lowest BCUT2D eigenvalue weighted by atomic mass is 9.95. The van der Waals surface area contributed by atoms with Gasteiger partial charge in [0.25, 0.3) is 0 Å². The summed E-state index contributed by atoms with van der Waals surface area (Å²) < 4.78 is 5.74. The summed E-state index contributed by atoms with van der Waals surface area (Å²) in [7, 11) is 0. The minimum Gasteiger partial charge on any atom is -0.373 e. The molecular weight excluding hydrogens is 272 g/mol. The molecule has 1 amide bonds. The van der Waals surface area contributed by atoms with Gasteiger partial charge in [-0.1, -0.05) is 0 Å². The average Bonchev–Trinajstić information content (AvgIpc) is 2.92. The first-order chi connectivity index (χ1) is 8.31. The van der Waals surface area contributed by atoms with Crippen LogP contribution in [0.15, 0.2) is 0 Å². The molecule has 3 rings (SSSR count). The highest BCUT2D eigenvalue weighted by Gasteiger charge is 2.41. The minimum atomic E-state index is 0. The predicted molar refractivity (Wildman–Crippen MR) is 75.4 cm³/mol. The highest BCUT2D eigenvalue weighted by atomic mass is 35.5. The Hall–Kier alpha value is 0.0300. The standard InChI is InChI=1S/C12H20N2O2S.ClH/c15-12(5-8-7-17-4-3-13-8)14-10-6-9-1-2-11(10)16-9;/h8-11,13H,1-7H2,(H,14,15);1H. The van der Waals surface area contributed by atoms with E-state index in [0.717, 1.165) is 25.1 Å². The molecule has 3 saturated heterocycles. The van der Waals surface area contributed by atoms with Crippen LogP contribution in [0.2, 0.25) is 0 Å². The van der Waals surface area contributed by atoms with E-state index in [4.69, 9.17) is 4.74 Å². The second-order valence-electron chi connectivity index (χ2n) is 5.21. The van der Waals surface area contributed by atoms with Crippen LogP contribution in [0.3, 0.4) is 0 Å². The van der Waals surface area contributed by atoms with Gasteiger partial charge in [0.15, 0.2) is 0 Å². The predicted octanol–water partition coefficient (Wildman–Crippen LogP) is 0.939. The molecule has 2 N–H and O–H groups in total. The quantitative estimate of drug-likeness (QED) is 0.813. The molecule has 0 saturated carbocycles. The molecule has 4 atom stereocenters. The number of fused-ring (bicyclic) bond motifs is 2. The Balaban J connectivity index is 0.00000120. The fraction of sp³-hybridized carbons (Fsp3) is 0.917. The largest absolute Gasteiger partial charge is 0.373 e. The van der Waals surface area contributed by atoms with Gasteiger partial charge in [0, 0.05) is 30.5 Å². The van der Waals surface area contributed by atoms with E-state index in [1.54, 1.807) is 0 Å². The van der Waals surface area contributed by atoms with Gasteiger partial charge in [0.1, 0.15) is 0 Å². The van der Waals surface area contributed by atoms with Crippen LogP contribution in [0.5, 0.6) is 0 Å². The van der Waals surface area contributed by atoms with Gasteiger partial charge in [0.2, 0.25) is 5.91 Å². The van der Waals surface area contributed by atoms with E-state index in [2.05, 4.69) is 10.6 Å². The van der Waals surface area contributed by atoms with E-state index >= 15 is 0 Å². The SMILES string of the molecule is Cl.O=C(CC1CSCCN1)NC1CC2CCC1O2. The van der Waals surface area contributed by atoms with Crippen molar-refractivity contribution in [2.45, 2.75) is 50.0 Å². The molecule has 4 nitrogen and oxygen atoms in total. The number of hydrogen-bond acceptors (Lipinski definition) is 4. The van der Waals surface area contributed by atoms with Crippen LogP contribution in [0.1, 0.15) is 25.7 Å². The maximum atomic E-state index is 11.9. The zero-order valence-corrected chi connectivity index (χ0v) is 12.0. The first-order valence-corrected chi connectivity index (χ1v) is 7.72. The summed E-state index contributed by atoms with van der Waals surface area (Å²) in [5, 5.41) is 6.54. The first-order valence-electron chi connectivity index (χ1n) is 6.57. The van der Waals surface area contributed by atoms with Crippen LogP contribution in [0.4, 0.5) is 0 Å². The number of thioether (sulfide) groups is 1. The highest BCUT2D eigenvalue weighted by molar-refractivity contribution is 7.99. The number of carbonyl (C=O) groups is 1. The smallest absolute Gasteiger partial charge is 0.221 e. The van der Waals surface area contributed by atoms with Gasteiger partial charge < -0.3 is 15.4 Å². The van der Waals surface area contributed by atoms with Crippen LogP contribution < -0.4 is 10.6 Å². The van der Waals surface area contributed by atoms with Crippen molar-refractivity contribution in [3.05, 3.63) is 0 Å². The van der Waals surface area contributed by atoms with Crippen LogP contribution >= 0.6 is 24.2 Å². The number of carbonyl (C=O) groups excluding carboxylic acids is 1. The van der Waals surface area contributed by atoms with E-state index in [9.17, 15) is 4.79 Å². The molecule has 3 fully saturated rings. The number of ether oxygens (including phenoxy) is 1. The molecule has 2 bridgehead atoms. The second kappa shape index (κ2) is 6.46. The van der Waals surface area contributed by atoms with Crippen LogP contribution in [-0.4, -0.2) is 48.2 Å². The van der Waals surface area contributed by atoms with Crippen molar-refractivity contribution in [2.24, 2.45) is 0 Å². The lowest BCUT2D eigenvalue weighted by Gasteiger charge is -2.25. The fourth-order valence-electron chi connectivity index (χ4n) is 3.03. The number of hydrogen-bond donors (Lipinski definition) is 2. The second-order valence-corrected chi connectivity index (χ2v) is 6.36. The number of nitrogens with one attached hydrogen (secondary N) is 2. The third-order valence-electron chi connectivity index (χ3n) is 3.88. The molecule has 0 aromatic carbocycles. The Bertz CT molecular complexity index is 300. The van der Waals surface area contributed by atoms with Crippen molar-refractivity contribution < 1.29 is 9.53 Å². The highest BCUT2D eigenvalue weighted by Crippen LogP contribution is 2.34. The molecule has 6 heteroatoms. The first kappa shape index (κ1) is 14.4. The molecular formula is C12H21ClN2O2S. The lowest BCUT2D eigenvalue weighted by Crippen LogP contribution is -2.46. The van der Waals surface area contributed by atoms with E-state index in [-0.39, 0.29) is 30.5 Å². The number of rotatable bonds is 3. The van der Waals surface area contributed by atoms with E-state index in [1.807, 2.05) is 11.8 Å². The summed E-state index contributed by atoms with van der Waals surface area (Å²) in [5.74, 6) is 2.41. The molecule has 4 unspecified atom stereocenters. The van der Waals surface area contributed by atoms with Crippen molar-refractivity contribution in [1.29, 1.82) is 0 Å². The summed E-state index contributed by atoms with van der Waals surface area (Å²) in [6.07, 6.45) is 4.63. The zero-order chi connectivity index (χ0) is 11.7. The Morgan fingerprint density at radius 3 is 2.94 bits per heavy atom. The summed E-state index contributed by atoms with van der Waals surface area (Å²) in [6.45, 7) is 1.03. The Kier molecular flexibility index (Phi) is 5.18. The Labute approximate surface area is 118 Å². The molecule has 3 heterocycles. The molecule has 0 aliphatic carbocycles. The number of amides is 1. The summed E-state index contributed by atoms with van der Waals surface area (Å²) in [4.78, 5) is 11.9. The topological polar surface area (TPSA) is 50.4 Å². The van der Waals surface area contributed by atoms with Crippen LogP contribution in [0.25, 0.3) is 0 Å². The molecule has 0 aromatic heterocycles. The lowest BCUT2D eigenvalue weighted by molar-refractivity contribution is -0.122. The zero-order valence-electron chi connectivity index (χ0n) is 10.4. The van der Waals surface area contributed by atoms with Crippen molar-refractivity contribution in [2.75, 3.05) is 18.1 Å². The molecule has 3 aliphatic rings. The summed E-state index contributed by atoms with van der Waals surface area (Å²) in [6, 6.07) is 0.630. The third-order valence-corrected chi connectivity index (χ3v) is 5.01. The minimum absolute atomic E-state index is 0. The molecule has 0 radical (unpaired) electrons. The van der Waals surface area contributed by atoms with Crippen LogP contribution in [0, 0.1) is 0 Å². The van der Waals surface area contributed by atoms with Gasteiger partial charge in [-0.3, -0.25) is 4.79 Å². The van der Waals surface area contributed by atoms with Crippen molar-refractivity contribution in [1.82, 2.24) is 10.6 Å². The molecule has 0 aromatic rings. The van der Waals surface area contributed by atoms with Crippen molar-refractivity contribution in [3.63, 3.8) is 0 Å². The average molecular weight is 293 g/mol. The van der Waals surface area contributed by atoms with Crippen molar-refractivity contribution in [3.8, 4) is 0 Å². The maximum Gasteiger partial charge on any atom is 0.221 e. The fourth-order valence-corrected chi connectivity index (χ4v) is 3.98. The molecule has 104 valence electrons. The normalized spacial score (nSPS) is 38.2. The molecule has 3 aliphatic heterocycles. The van der Waals surface area contributed by atoms with E-state index < -0.39 is 0 Å². The van der Waals surface area contributed by atoms with Gasteiger partial charge in [-0.15, -0.1) is 12.4 Å². The maximum absolute atomic E-state index is 11.9. The van der Waals surface area contributed by atoms with E-state index in [1.165, 1.54) is 12.2 Å². The summed E-state index contributed by atoms with van der Waals surface area (Å²) in [5.41, 5.74) is 0. The Morgan fingerprint density at radius 2 is 2.33 bits per heavy atom. The van der Waals surface area contributed by atoms with Gasteiger partial charge in [-0.05, 0) is 19.3 Å². The van der Waals surface area contributed by atoms with Crippen LogP contribution in [-0.2, 0) is 9.53 Å². The van der Waals surface area contributed by atoms with Crippen molar-refractivity contribution >= 4 is 30.1 Å². The third kappa shape index (κ3) is 3.32. The van der Waals surface area contributed by atoms with Gasteiger partial charge in [0.05, 0.1) is 18.2 Å². The van der Waals surface area contributed by atoms with E-state index in [0.29, 0.717) is 18.6 Å². The molecule has 0 spiro atoms. The van der Waals surface area contributed by atoms with Gasteiger partial charge >= 0.3 is 0 Å². The van der Waals surface area contributed by atoms with Gasteiger partial charge in [-0.25, -0.2) is 0 Å². The summed E-state index contributed by atoms with van der Waals surface area (Å²) >= 11 is 1.93. The van der Waals surface area contributed by atoms with Gasteiger partial charge in [-0.2, -0.15) is 11.8 Å². The Morgan fingerprint density at radius 1 is 1.44 bits per heavy atom.